The fraction of sp³-hybridized carbons (Fsp3) is 0.350. The van der Waals surface area contributed by atoms with Gasteiger partial charge in [-0.15, -0.1) is 0 Å². The maximum Gasteiger partial charge on any atom is 0.635 e. The topological polar surface area (TPSA) is 128 Å². The second kappa shape index (κ2) is 11.2. The van der Waals surface area contributed by atoms with Crippen LogP contribution in [0.3, 0.4) is 0 Å². The molecule has 4 N–H and O–H groups in total. The van der Waals surface area contributed by atoms with Crippen LogP contribution in [0.2, 0.25) is 0 Å². The van der Waals surface area contributed by atoms with Gasteiger partial charge in [0.05, 0.1) is 6.54 Å². The standard InChI is InChI=1S/C20H26BN3O6S/c1-4-16(25)20(8-5-6-15(11-20)19(27)24(2)3)22-12-17(26)23-18(30-21(28)29)10-14-7-9-31-13-14/h4-9,13,18,22,28-29H,1,10-12H2,2-3H3,(H,23,26)/t18-,20?/m1/s1. The number of nitrogens with one attached hydrogen (secondary N) is 2. The molecule has 0 saturated carbocycles. The molecular weight excluding hydrogens is 421 g/mol. The van der Waals surface area contributed by atoms with E-state index >= 15 is 0 Å². The quantitative estimate of drug-likeness (QED) is 0.210. The molecule has 9 nitrogen and oxygen atoms in total. The summed E-state index contributed by atoms with van der Waals surface area (Å²) in [4.78, 5) is 38.9. The molecular formula is C20H26BN3O6S. The van der Waals surface area contributed by atoms with Crippen LogP contribution in [0, 0.1) is 0 Å². The first-order valence-electron chi connectivity index (χ1n) is 9.51. The van der Waals surface area contributed by atoms with Crippen LogP contribution >= 0.6 is 11.3 Å². The molecule has 1 aliphatic carbocycles. The highest BCUT2D eigenvalue weighted by Crippen LogP contribution is 2.26. The molecule has 2 amide bonds. The van der Waals surface area contributed by atoms with Crippen LogP contribution in [0.1, 0.15) is 12.0 Å². The average molecular weight is 447 g/mol. The SMILES string of the molecule is C=CC(=O)C1(NCC(=O)N[C@@H](Cc2ccsc2)OB(O)O)C=CC=C(C(=O)N(C)C)C1. The Hall–Kier alpha value is -2.57. The van der Waals surface area contributed by atoms with Crippen LogP contribution in [0.15, 0.2) is 53.3 Å². The molecule has 1 aliphatic rings. The molecule has 0 saturated heterocycles. The van der Waals surface area contributed by atoms with Gasteiger partial charge in [0, 0.05) is 32.5 Å². The van der Waals surface area contributed by atoms with Gasteiger partial charge in [-0.2, -0.15) is 11.3 Å². The molecule has 11 heteroatoms. The Morgan fingerprint density at radius 1 is 1.42 bits per heavy atom. The van der Waals surface area contributed by atoms with Crippen molar-refractivity contribution in [2.75, 3.05) is 20.6 Å². The molecule has 0 spiro atoms. The third kappa shape index (κ3) is 6.98. The van der Waals surface area contributed by atoms with Crippen LogP contribution in [0.25, 0.3) is 0 Å². The van der Waals surface area contributed by atoms with Gasteiger partial charge in [-0.05, 0) is 28.5 Å². The van der Waals surface area contributed by atoms with Gasteiger partial charge in [0.25, 0.3) is 0 Å². The second-order valence-electron chi connectivity index (χ2n) is 7.17. The second-order valence-corrected chi connectivity index (χ2v) is 7.95. The summed E-state index contributed by atoms with van der Waals surface area (Å²) in [5.74, 6) is -1.15. The number of carbonyl (C=O) groups excluding carboxylic acids is 3. The molecule has 166 valence electrons. The first-order valence-corrected chi connectivity index (χ1v) is 10.4. The smallest absolute Gasteiger partial charge is 0.402 e. The lowest BCUT2D eigenvalue weighted by Gasteiger charge is -2.33. The predicted molar refractivity (Wildman–Crippen MR) is 118 cm³/mol. The summed E-state index contributed by atoms with van der Waals surface area (Å²) in [6.07, 6.45) is 5.26. The number of thiophene rings is 1. The van der Waals surface area contributed by atoms with Crippen molar-refractivity contribution >= 4 is 36.3 Å². The van der Waals surface area contributed by atoms with E-state index in [1.807, 2.05) is 16.8 Å². The number of nitrogens with zero attached hydrogens (tertiary/aromatic N) is 1. The van der Waals surface area contributed by atoms with Crippen LogP contribution in [-0.4, -0.2) is 72.3 Å². The van der Waals surface area contributed by atoms with Crippen molar-refractivity contribution in [1.29, 1.82) is 0 Å². The number of hydrogen-bond acceptors (Lipinski definition) is 8. The summed E-state index contributed by atoms with van der Waals surface area (Å²) in [5, 5.41) is 27.4. The van der Waals surface area contributed by atoms with E-state index in [2.05, 4.69) is 17.2 Å². The van der Waals surface area contributed by atoms with Gasteiger partial charge in [-0.25, -0.2) is 0 Å². The van der Waals surface area contributed by atoms with E-state index in [9.17, 15) is 14.4 Å². The van der Waals surface area contributed by atoms with E-state index in [1.165, 1.54) is 16.2 Å². The van der Waals surface area contributed by atoms with E-state index in [1.54, 1.807) is 32.3 Å². The van der Waals surface area contributed by atoms with E-state index in [-0.39, 0.29) is 31.1 Å². The molecule has 0 bridgehead atoms. The van der Waals surface area contributed by atoms with Crippen LogP contribution in [0.5, 0.6) is 0 Å². The van der Waals surface area contributed by atoms with Crippen molar-refractivity contribution in [2.24, 2.45) is 0 Å². The molecule has 0 radical (unpaired) electrons. The van der Waals surface area contributed by atoms with Crippen molar-refractivity contribution in [3.63, 3.8) is 0 Å². The number of likely N-dealkylation sites (N-methyl/N-ethyl adjacent to an activating group) is 1. The third-order valence-electron chi connectivity index (χ3n) is 4.63. The van der Waals surface area contributed by atoms with Crippen molar-refractivity contribution in [3.8, 4) is 0 Å². The van der Waals surface area contributed by atoms with Gasteiger partial charge >= 0.3 is 7.32 Å². The highest BCUT2D eigenvalue weighted by atomic mass is 32.1. The van der Waals surface area contributed by atoms with E-state index in [4.69, 9.17) is 14.7 Å². The largest absolute Gasteiger partial charge is 0.635 e. The van der Waals surface area contributed by atoms with Crippen molar-refractivity contribution in [2.45, 2.75) is 24.6 Å². The number of allylic oxidation sites excluding steroid dienone is 2. The minimum Gasteiger partial charge on any atom is -0.402 e. The van der Waals surface area contributed by atoms with E-state index in [0.29, 0.717) is 5.57 Å². The highest BCUT2D eigenvalue weighted by Gasteiger charge is 2.38. The van der Waals surface area contributed by atoms with Crippen LogP contribution in [0.4, 0.5) is 0 Å². The molecule has 0 fully saturated rings. The fourth-order valence-corrected chi connectivity index (χ4v) is 3.79. The Balaban J connectivity index is 2.07. The zero-order valence-corrected chi connectivity index (χ0v) is 18.2. The lowest BCUT2D eigenvalue weighted by Crippen LogP contribution is -2.55. The predicted octanol–water partition coefficient (Wildman–Crippen LogP) is -0.223. The fourth-order valence-electron chi connectivity index (χ4n) is 3.11. The van der Waals surface area contributed by atoms with Gasteiger partial charge in [0.15, 0.2) is 5.78 Å². The lowest BCUT2D eigenvalue weighted by molar-refractivity contribution is -0.125. The number of ketones is 1. The molecule has 1 aromatic rings. The van der Waals surface area contributed by atoms with E-state index < -0.39 is 25.0 Å². The summed E-state index contributed by atoms with van der Waals surface area (Å²) >= 11 is 1.46. The Labute approximate surface area is 185 Å². The molecule has 2 rings (SSSR count). The molecule has 0 aromatic carbocycles. The zero-order chi connectivity index (χ0) is 23.0. The molecule has 31 heavy (non-hydrogen) atoms. The number of amides is 2. The molecule has 1 heterocycles. The summed E-state index contributed by atoms with van der Waals surface area (Å²) in [6, 6.07) is 1.83. The van der Waals surface area contributed by atoms with Gasteiger partial charge in [-0.3, -0.25) is 19.7 Å². The average Bonchev–Trinajstić information content (AvgIpc) is 3.23. The van der Waals surface area contributed by atoms with Crippen molar-refractivity contribution < 1.29 is 29.1 Å². The summed E-state index contributed by atoms with van der Waals surface area (Å²) in [5.41, 5.74) is -0.0261. The van der Waals surface area contributed by atoms with E-state index in [0.717, 1.165) is 11.6 Å². The maximum atomic E-state index is 12.6. The Kier molecular flexibility index (Phi) is 8.90. The molecule has 2 atom stereocenters. The number of carbonyl (C=O) groups is 3. The van der Waals surface area contributed by atoms with Crippen LogP contribution in [-0.2, 0) is 25.5 Å². The molecule has 1 aromatic heterocycles. The first-order chi connectivity index (χ1) is 14.7. The molecule has 1 unspecified atom stereocenters. The summed E-state index contributed by atoms with van der Waals surface area (Å²) in [7, 11) is 1.17. The van der Waals surface area contributed by atoms with Crippen LogP contribution < -0.4 is 10.6 Å². The van der Waals surface area contributed by atoms with Crippen molar-refractivity contribution in [3.05, 3.63) is 58.8 Å². The maximum absolute atomic E-state index is 12.6. The Morgan fingerprint density at radius 3 is 2.74 bits per heavy atom. The van der Waals surface area contributed by atoms with Gasteiger partial charge in [-0.1, -0.05) is 24.8 Å². The third-order valence-corrected chi connectivity index (χ3v) is 5.36. The highest BCUT2D eigenvalue weighted by molar-refractivity contribution is 7.07. The normalized spacial score (nSPS) is 18.6. The van der Waals surface area contributed by atoms with Gasteiger partial charge in [0.2, 0.25) is 11.8 Å². The number of rotatable bonds is 11. The summed E-state index contributed by atoms with van der Waals surface area (Å²) < 4.78 is 4.95. The zero-order valence-electron chi connectivity index (χ0n) is 17.4. The molecule has 0 aliphatic heterocycles. The minimum atomic E-state index is -2.06. The Bertz CT molecular complexity index is 868. The minimum absolute atomic E-state index is 0.0584. The summed E-state index contributed by atoms with van der Waals surface area (Å²) in [6.45, 7) is 3.24. The monoisotopic (exact) mass is 447 g/mol. The number of hydrogen-bond donors (Lipinski definition) is 4. The van der Waals surface area contributed by atoms with Gasteiger partial charge < -0.3 is 24.9 Å². The Morgan fingerprint density at radius 2 is 2.16 bits per heavy atom. The first kappa shape index (κ1) is 24.7. The van der Waals surface area contributed by atoms with Gasteiger partial charge in [0.1, 0.15) is 11.8 Å². The lowest BCUT2D eigenvalue weighted by atomic mass is 9.82. The van der Waals surface area contributed by atoms with Crippen molar-refractivity contribution in [1.82, 2.24) is 15.5 Å².